The Morgan fingerprint density at radius 3 is 2.61 bits per heavy atom. The van der Waals surface area contributed by atoms with Gasteiger partial charge in [0.25, 0.3) is 0 Å². The molecule has 0 amide bonds. The molecule has 2 N–H and O–H groups in total. The molecule has 0 aromatic heterocycles. The van der Waals surface area contributed by atoms with Gasteiger partial charge in [-0.1, -0.05) is 18.5 Å². The molecule has 1 atom stereocenters. The molecule has 1 fully saturated rings. The summed E-state index contributed by atoms with van der Waals surface area (Å²) in [6.07, 6.45) is 2.84. The number of piperidine rings is 1. The lowest BCUT2D eigenvalue weighted by Gasteiger charge is -2.26. The molecule has 102 valence electrons. The van der Waals surface area contributed by atoms with Crippen molar-refractivity contribution in [1.82, 2.24) is 4.90 Å². The molecule has 3 nitrogen and oxygen atoms in total. The van der Waals surface area contributed by atoms with Crippen molar-refractivity contribution < 1.29 is 4.74 Å². The molecule has 1 heterocycles. The van der Waals surface area contributed by atoms with E-state index >= 15 is 0 Å². The Hall–Kier alpha value is -0.930. The molecule has 1 aromatic carbocycles. The van der Waals surface area contributed by atoms with Crippen LogP contribution >= 0.6 is 11.6 Å². The number of nitrogen functional groups attached to an aromatic ring is 1. The number of methoxy groups -OCH3 is 1. The van der Waals surface area contributed by atoms with Crippen LogP contribution in [-0.4, -0.2) is 32.1 Å². The lowest BCUT2D eigenvalue weighted by Crippen LogP contribution is -2.30. The fourth-order valence-corrected chi connectivity index (χ4v) is 2.27. The van der Waals surface area contributed by atoms with Crippen LogP contribution in [0.1, 0.15) is 19.8 Å². The van der Waals surface area contributed by atoms with Gasteiger partial charge in [0.05, 0.1) is 12.8 Å². The first kappa shape index (κ1) is 15.1. The van der Waals surface area contributed by atoms with Crippen LogP contribution < -0.4 is 10.5 Å². The Kier molecular flexibility index (Phi) is 6.30. The molecule has 1 aliphatic rings. The highest BCUT2D eigenvalue weighted by Gasteiger charge is 2.11. The predicted molar refractivity (Wildman–Crippen MR) is 78.3 cm³/mol. The number of nitrogens with two attached hydrogens (primary N) is 1. The van der Waals surface area contributed by atoms with Gasteiger partial charge in [-0.3, -0.25) is 0 Å². The molecule has 0 saturated carbocycles. The SMILES string of the molecule is CC1CCCN(C)C1.COc1cc(Cl)ccc1N. The van der Waals surface area contributed by atoms with E-state index in [9.17, 15) is 0 Å². The van der Waals surface area contributed by atoms with E-state index in [0.717, 1.165) is 5.92 Å². The van der Waals surface area contributed by atoms with Crippen LogP contribution in [0.25, 0.3) is 0 Å². The summed E-state index contributed by atoms with van der Waals surface area (Å²) < 4.78 is 4.92. The van der Waals surface area contributed by atoms with Crippen LogP contribution in [0.4, 0.5) is 5.69 Å². The van der Waals surface area contributed by atoms with E-state index in [-0.39, 0.29) is 0 Å². The number of benzene rings is 1. The normalized spacial score (nSPS) is 19.9. The number of hydrogen-bond donors (Lipinski definition) is 1. The maximum atomic E-state index is 5.66. The third-order valence-corrected chi connectivity index (χ3v) is 3.29. The largest absolute Gasteiger partial charge is 0.495 e. The lowest BCUT2D eigenvalue weighted by molar-refractivity contribution is 0.221. The first-order chi connectivity index (χ1) is 8.52. The molecule has 2 rings (SSSR count). The summed E-state index contributed by atoms with van der Waals surface area (Å²) in [7, 11) is 3.76. The Labute approximate surface area is 115 Å². The Bertz CT molecular complexity index is 363. The molecular formula is C14H23ClN2O. The van der Waals surface area contributed by atoms with Gasteiger partial charge in [-0.05, 0) is 44.5 Å². The molecule has 0 aliphatic carbocycles. The second kappa shape index (κ2) is 7.49. The summed E-state index contributed by atoms with van der Waals surface area (Å²) in [4.78, 5) is 2.41. The molecule has 1 aliphatic heterocycles. The Morgan fingerprint density at radius 2 is 2.17 bits per heavy atom. The molecule has 1 aromatic rings. The average Bonchev–Trinajstić information content (AvgIpc) is 2.33. The van der Waals surface area contributed by atoms with Gasteiger partial charge in [0.1, 0.15) is 5.75 Å². The second-order valence-corrected chi connectivity index (χ2v) is 5.33. The zero-order valence-corrected chi connectivity index (χ0v) is 12.2. The van der Waals surface area contributed by atoms with E-state index in [1.54, 1.807) is 25.3 Å². The molecule has 0 radical (unpaired) electrons. The number of halogens is 1. The molecule has 4 heteroatoms. The van der Waals surface area contributed by atoms with Crippen LogP contribution in [-0.2, 0) is 0 Å². The summed E-state index contributed by atoms with van der Waals surface area (Å²) in [6.45, 7) is 4.94. The maximum Gasteiger partial charge on any atom is 0.143 e. The first-order valence-electron chi connectivity index (χ1n) is 6.30. The third-order valence-electron chi connectivity index (χ3n) is 3.06. The zero-order valence-electron chi connectivity index (χ0n) is 11.4. The highest BCUT2D eigenvalue weighted by Crippen LogP contribution is 2.24. The quantitative estimate of drug-likeness (QED) is 0.796. The Morgan fingerprint density at radius 1 is 1.44 bits per heavy atom. The summed E-state index contributed by atoms with van der Waals surface area (Å²) in [5, 5.41) is 0.631. The van der Waals surface area contributed by atoms with Crippen LogP contribution in [0.5, 0.6) is 5.75 Å². The topological polar surface area (TPSA) is 38.5 Å². The van der Waals surface area contributed by atoms with Gasteiger partial charge in [0, 0.05) is 17.6 Å². The van der Waals surface area contributed by atoms with E-state index in [4.69, 9.17) is 22.1 Å². The van der Waals surface area contributed by atoms with Crippen molar-refractivity contribution in [3.63, 3.8) is 0 Å². The predicted octanol–water partition coefficient (Wildman–Crippen LogP) is 3.28. The number of likely N-dealkylation sites (tertiary alicyclic amines) is 1. The summed E-state index contributed by atoms with van der Waals surface area (Å²) in [6, 6.07) is 5.11. The molecule has 1 saturated heterocycles. The first-order valence-corrected chi connectivity index (χ1v) is 6.68. The minimum atomic E-state index is 0.604. The van der Waals surface area contributed by atoms with Crippen molar-refractivity contribution in [2.24, 2.45) is 5.92 Å². The lowest BCUT2D eigenvalue weighted by atomic mass is 10.0. The minimum absolute atomic E-state index is 0.604. The fourth-order valence-electron chi connectivity index (χ4n) is 2.11. The van der Waals surface area contributed by atoms with Crippen LogP contribution in [0.15, 0.2) is 18.2 Å². The third kappa shape index (κ3) is 5.15. The number of rotatable bonds is 1. The van der Waals surface area contributed by atoms with Crippen molar-refractivity contribution in [3.8, 4) is 5.75 Å². The summed E-state index contributed by atoms with van der Waals surface area (Å²) in [5.41, 5.74) is 6.12. The van der Waals surface area contributed by atoms with Crippen molar-refractivity contribution in [1.29, 1.82) is 0 Å². The van der Waals surface area contributed by atoms with E-state index in [0.29, 0.717) is 16.5 Å². The number of nitrogens with zero attached hydrogens (tertiary/aromatic N) is 1. The highest BCUT2D eigenvalue weighted by molar-refractivity contribution is 6.30. The monoisotopic (exact) mass is 270 g/mol. The van der Waals surface area contributed by atoms with Gasteiger partial charge < -0.3 is 15.4 Å². The summed E-state index contributed by atoms with van der Waals surface area (Å²) in [5.74, 6) is 1.56. The van der Waals surface area contributed by atoms with Crippen molar-refractivity contribution in [2.45, 2.75) is 19.8 Å². The van der Waals surface area contributed by atoms with Gasteiger partial charge in [-0.2, -0.15) is 0 Å². The van der Waals surface area contributed by atoms with E-state index in [1.165, 1.54) is 25.9 Å². The van der Waals surface area contributed by atoms with Gasteiger partial charge in [-0.15, -0.1) is 0 Å². The summed E-state index contributed by atoms with van der Waals surface area (Å²) >= 11 is 5.66. The maximum absolute atomic E-state index is 5.66. The molecule has 1 unspecified atom stereocenters. The molecular weight excluding hydrogens is 248 g/mol. The fraction of sp³-hybridized carbons (Fsp3) is 0.571. The average molecular weight is 271 g/mol. The van der Waals surface area contributed by atoms with Crippen molar-refractivity contribution in [3.05, 3.63) is 23.2 Å². The van der Waals surface area contributed by atoms with Gasteiger partial charge in [-0.25, -0.2) is 0 Å². The van der Waals surface area contributed by atoms with Crippen LogP contribution in [0.2, 0.25) is 5.02 Å². The smallest absolute Gasteiger partial charge is 0.143 e. The molecule has 0 spiro atoms. The van der Waals surface area contributed by atoms with Crippen molar-refractivity contribution >= 4 is 17.3 Å². The van der Waals surface area contributed by atoms with E-state index < -0.39 is 0 Å². The standard InChI is InChI=1S/C7H8ClNO.C7H15N/c1-10-7-4-5(8)2-3-6(7)9;1-7-4-3-5-8(2)6-7/h2-4H,9H2,1H3;7H,3-6H2,1-2H3. The Balaban J connectivity index is 0.000000184. The molecule has 18 heavy (non-hydrogen) atoms. The molecule has 0 bridgehead atoms. The number of hydrogen-bond acceptors (Lipinski definition) is 3. The van der Waals surface area contributed by atoms with Crippen LogP contribution in [0.3, 0.4) is 0 Å². The number of ether oxygens (including phenoxy) is 1. The van der Waals surface area contributed by atoms with Crippen molar-refractivity contribution in [2.75, 3.05) is 33.0 Å². The van der Waals surface area contributed by atoms with E-state index in [2.05, 4.69) is 18.9 Å². The van der Waals surface area contributed by atoms with E-state index in [1.807, 2.05) is 0 Å². The highest BCUT2D eigenvalue weighted by atomic mass is 35.5. The van der Waals surface area contributed by atoms with Gasteiger partial charge >= 0.3 is 0 Å². The van der Waals surface area contributed by atoms with Crippen LogP contribution in [0, 0.1) is 5.92 Å². The van der Waals surface area contributed by atoms with Gasteiger partial charge in [0.2, 0.25) is 0 Å². The number of anilines is 1. The second-order valence-electron chi connectivity index (χ2n) is 4.90. The van der Waals surface area contributed by atoms with Gasteiger partial charge in [0.15, 0.2) is 0 Å². The zero-order chi connectivity index (χ0) is 13.5. The minimum Gasteiger partial charge on any atom is -0.495 e.